The number of hydrogen-bond acceptors (Lipinski definition) is 2. The van der Waals surface area contributed by atoms with Crippen LogP contribution >= 0.6 is 0 Å². The molecular formula is C15H20F2N2. The van der Waals surface area contributed by atoms with Gasteiger partial charge in [-0.2, -0.15) is 0 Å². The molecule has 0 unspecified atom stereocenters. The predicted molar refractivity (Wildman–Crippen MR) is 72.7 cm³/mol. The van der Waals surface area contributed by atoms with E-state index in [1.165, 1.54) is 11.3 Å². The van der Waals surface area contributed by atoms with Crippen LogP contribution in [-0.4, -0.2) is 19.5 Å². The van der Waals surface area contributed by atoms with E-state index in [1.807, 2.05) is 6.07 Å². The van der Waals surface area contributed by atoms with Gasteiger partial charge in [-0.15, -0.1) is 0 Å². The molecule has 0 amide bonds. The minimum absolute atomic E-state index is 0.0967. The van der Waals surface area contributed by atoms with Crippen molar-refractivity contribution >= 4 is 5.69 Å². The van der Waals surface area contributed by atoms with Gasteiger partial charge in [0, 0.05) is 37.7 Å². The number of nitrogens with zero attached hydrogens (tertiary/aromatic N) is 1. The van der Waals surface area contributed by atoms with Gasteiger partial charge in [0.05, 0.1) is 0 Å². The molecule has 3 rings (SSSR count). The first-order valence-corrected chi connectivity index (χ1v) is 6.91. The first kappa shape index (κ1) is 12.9. The standard InChI is InChI=1S/C15H20F2N2/c1-19-9-4-11-10-12(2-3-13(11)19)14(18)5-7-15(16,17)8-6-14/h2-3,10H,4-9,18H2,1H3. The van der Waals surface area contributed by atoms with Crippen LogP contribution in [0.5, 0.6) is 0 Å². The highest BCUT2D eigenvalue weighted by Gasteiger charge is 2.42. The van der Waals surface area contributed by atoms with E-state index in [2.05, 4.69) is 24.1 Å². The Morgan fingerprint density at radius 1 is 1.16 bits per heavy atom. The number of anilines is 1. The highest BCUT2D eigenvalue weighted by atomic mass is 19.3. The molecule has 2 aliphatic rings. The molecule has 0 radical (unpaired) electrons. The quantitative estimate of drug-likeness (QED) is 0.846. The highest BCUT2D eigenvalue weighted by molar-refractivity contribution is 5.59. The molecule has 2 nitrogen and oxygen atoms in total. The van der Waals surface area contributed by atoms with Gasteiger partial charge in [-0.25, -0.2) is 8.78 Å². The summed E-state index contributed by atoms with van der Waals surface area (Å²) < 4.78 is 26.5. The fraction of sp³-hybridized carbons (Fsp3) is 0.600. The Morgan fingerprint density at radius 2 is 1.84 bits per heavy atom. The molecule has 1 aliphatic carbocycles. The first-order chi connectivity index (χ1) is 8.90. The van der Waals surface area contributed by atoms with Crippen molar-refractivity contribution < 1.29 is 8.78 Å². The third-order valence-electron chi connectivity index (χ3n) is 4.66. The fourth-order valence-corrected chi connectivity index (χ4v) is 3.23. The Balaban J connectivity index is 1.87. The molecule has 1 aliphatic heterocycles. The van der Waals surface area contributed by atoms with Crippen LogP contribution in [0.4, 0.5) is 14.5 Å². The van der Waals surface area contributed by atoms with Gasteiger partial charge in [0.15, 0.2) is 0 Å². The molecule has 4 heteroatoms. The van der Waals surface area contributed by atoms with E-state index in [4.69, 9.17) is 5.73 Å². The van der Waals surface area contributed by atoms with Gasteiger partial charge in [-0.3, -0.25) is 0 Å². The Kier molecular flexibility index (Phi) is 2.82. The molecule has 1 aromatic carbocycles. The number of fused-ring (bicyclic) bond motifs is 1. The Hall–Kier alpha value is -1.16. The summed E-state index contributed by atoms with van der Waals surface area (Å²) in [6.07, 6.45) is 1.57. The summed E-state index contributed by atoms with van der Waals surface area (Å²) in [6.45, 7) is 1.02. The molecule has 0 bridgehead atoms. The summed E-state index contributed by atoms with van der Waals surface area (Å²) in [6, 6.07) is 6.23. The fourth-order valence-electron chi connectivity index (χ4n) is 3.23. The SMILES string of the molecule is CN1CCc2cc(C3(N)CCC(F)(F)CC3)ccc21. The molecule has 0 atom stereocenters. The Morgan fingerprint density at radius 3 is 2.53 bits per heavy atom. The second kappa shape index (κ2) is 4.17. The van der Waals surface area contributed by atoms with Crippen LogP contribution in [0.25, 0.3) is 0 Å². The summed E-state index contributed by atoms with van der Waals surface area (Å²) in [7, 11) is 2.07. The van der Waals surface area contributed by atoms with Crippen LogP contribution in [0.15, 0.2) is 18.2 Å². The van der Waals surface area contributed by atoms with Crippen LogP contribution < -0.4 is 10.6 Å². The average molecular weight is 266 g/mol. The van der Waals surface area contributed by atoms with Gasteiger partial charge >= 0.3 is 0 Å². The maximum absolute atomic E-state index is 13.3. The molecule has 1 heterocycles. The maximum atomic E-state index is 13.3. The zero-order valence-electron chi connectivity index (χ0n) is 11.3. The van der Waals surface area contributed by atoms with E-state index in [9.17, 15) is 8.78 Å². The average Bonchev–Trinajstić information content (AvgIpc) is 2.75. The van der Waals surface area contributed by atoms with Crippen LogP contribution in [0.3, 0.4) is 0 Å². The first-order valence-electron chi connectivity index (χ1n) is 6.91. The van der Waals surface area contributed by atoms with Crippen LogP contribution in [-0.2, 0) is 12.0 Å². The molecule has 1 fully saturated rings. The van der Waals surface area contributed by atoms with Crippen molar-refractivity contribution in [1.82, 2.24) is 0 Å². The van der Waals surface area contributed by atoms with E-state index in [0.717, 1.165) is 18.5 Å². The highest BCUT2D eigenvalue weighted by Crippen LogP contribution is 2.43. The summed E-state index contributed by atoms with van der Waals surface area (Å²) in [5.41, 5.74) is 9.37. The Bertz CT molecular complexity index is 489. The molecule has 104 valence electrons. The molecule has 0 saturated heterocycles. The summed E-state index contributed by atoms with van der Waals surface area (Å²) in [4.78, 5) is 2.22. The minimum atomic E-state index is -2.53. The normalized spacial score (nSPS) is 24.3. The van der Waals surface area contributed by atoms with E-state index < -0.39 is 11.5 Å². The minimum Gasteiger partial charge on any atom is -0.374 e. The number of likely N-dealkylation sites (N-methyl/N-ethyl adjacent to an activating group) is 1. The van der Waals surface area contributed by atoms with Crippen LogP contribution in [0.2, 0.25) is 0 Å². The topological polar surface area (TPSA) is 29.3 Å². The number of nitrogens with two attached hydrogens (primary N) is 1. The number of rotatable bonds is 1. The van der Waals surface area contributed by atoms with Gasteiger partial charge in [0.2, 0.25) is 5.92 Å². The van der Waals surface area contributed by atoms with Crippen molar-refractivity contribution in [3.8, 4) is 0 Å². The lowest BCUT2D eigenvalue weighted by Crippen LogP contribution is -2.43. The van der Waals surface area contributed by atoms with Gasteiger partial charge in [-0.05, 0) is 36.5 Å². The van der Waals surface area contributed by atoms with E-state index >= 15 is 0 Å². The predicted octanol–water partition coefficient (Wildman–Crippen LogP) is 3.04. The van der Waals surface area contributed by atoms with Crippen molar-refractivity contribution in [3.63, 3.8) is 0 Å². The maximum Gasteiger partial charge on any atom is 0.248 e. The zero-order valence-corrected chi connectivity index (χ0v) is 11.3. The lowest BCUT2D eigenvalue weighted by molar-refractivity contribution is -0.0514. The molecule has 2 N–H and O–H groups in total. The number of benzene rings is 1. The van der Waals surface area contributed by atoms with Crippen molar-refractivity contribution in [2.45, 2.75) is 43.6 Å². The second-order valence-electron chi connectivity index (χ2n) is 6.03. The second-order valence-corrected chi connectivity index (χ2v) is 6.03. The van der Waals surface area contributed by atoms with E-state index in [0.29, 0.717) is 12.8 Å². The number of halogens is 2. The molecule has 1 saturated carbocycles. The van der Waals surface area contributed by atoms with Crippen molar-refractivity contribution in [2.75, 3.05) is 18.5 Å². The molecule has 19 heavy (non-hydrogen) atoms. The van der Waals surface area contributed by atoms with E-state index in [1.54, 1.807) is 0 Å². The molecule has 1 aromatic rings. The lowest BCUT2D eigenvalue weighted by Gasteiger charge is -2.37. The third-order valence-corrected chi connectivity index (χ3v) is 4.66. The summed E-state index contributed by atoms with van der Waals surface area (Å²) >= 11 is 0. The molecule has 0 spiro atoms. The zero-order chi connectivity index (χ0) is 13.7. The summed E-state index contributed by atoms with van der Waals surface area (Å²) in [5, 5.41) is 0. The van der Waals surface area contributed by atoms with Crippen molar-refractivity contribution in [1.29, 1.82) is 0 Å². The monoisotopic (exact) mass is 266 g/mol. The number of alkyl halides is 2. The smallest absolute Gasteiger partial charge is 0.248 e. The van der Waals surface area contributed by atoms with E-state index in [-0.39, 0.29) is 12.8 Å². The van der Waals surface area contributed by atoms with Gasteiger partial charge < -0.3 is 10.6 Å². The molecule has 0 aromatic heterocycles. The van der Waals surface area contributed by atoms with Crippen LogP contribution in [0, 0.1) is 0 Å². The van der Waals surface area contributed by atoms with Crippen molar-refractivity contribution in [3.05, 3.63) is 29.3 Å². The third kappa shape index (κ3) is 2.22. The van der Waals surface area contributed by atoms with Gasteiger partial charge in [0.1, 0.15) is 0 Å². The lowest BCUT2D eigenvalue weighted by atomic mass is 9.75. The van der Waals surface area contributed by atoms with Crippen LogP contribution in [0.1, 0.15) is 36.8 Å². The summed E-state index contributed by atoms with van der Waals surface area (Å²) in [5.74, 6) is -2.53. The van der Waals surface area contributed by atoms with Gasteiger partial charge in [-0.1, -0.05) is 12.1 Å². The largest absolute Gasteiger partial charge is 0.374 e. The Labute approximate surface area is 112 Å². The number of hydrogen-bond donors (Lipinski definition) is 1. The molecular weight excluding hydrogens is 246 g/mol. The van der Waals surface area contributed by atoms with Gasteiger partial charge in [0.25, 0.3) is 0 Å². The van der Waals surface area contributed by atoms with Crippen molar-refractivity contribution in [2.24, 2.45) is 5.73 Å².